The van der Waals surface area contributed by atoms with Crippen molar-refractivity contribution in [2.24, 2.45) is 0 Å². The molecule has 0 bridgehead atoms. The molecule has 1 fully saturated rings. The zero-order valence-electron chi connectivity index (χ0n) is 11.8. The average Bonchev–Trinajstić information content (AvgIpc) is 2.95. The van der Waals surface area contributed by atoms with Crippen LogP contribution < -0.4 is 10.1 Å². The topological polar surface area (TPSA) is 55.4 Å². The first-order chi connectivity index (χ1) is 11.0. The van der Waals surface area contributed by atoms with Gasteiger partial charge in [-0.1, -0.05) is 6.07 Å². The molecule has 1 saturated heterocycles. The van der Waals surface area contributed by atoms with Gasteiger partial charge < -0.3 is 4.74 Å². The van der Waals surface area contributed by atoms with Crippen molar-refractivity contribution in [3.63, 3.8) is 0 Å². The van der Waals surface area contributed by atoms with Crippen molar-refractivity contribution < 1.29 is 23.1 Å². The molecule has 4 rings (SSSR count). The summed E-state index contributed by atoms with van der Waals surface area (Å²) in [6, 6.07) is 6.36. The predicted molar refractivity (Wildman–Crippen MR) is 80.3 cm³/mol. The lowest BCUT2D eigenvalue weighted by atomic mass is 9.94. The lowest BCUT2D eigenvalue weighted by Crippen LogP contribution is -2.33. The van der Waals surface area contributed by atoms with Gasteiger partial charge in [0.25, 0.3) is 11.1 Å². The Balaban J connectivity index is 2.15. The molecule has 1 aliphatic carbocycles. The van der Waals surface area contributed by atoms with Crippen molar-refractivity contribution in [1.82, 2.24) is 5.32 Å². The minimum absolute atomic E-state index is 0.234. The molecule has 2 amide bonds. The number of rotatable bonds is 1. The van der Waals surface area contributed by atoms with Gasteiger partial charge in [-0.25, -0.2) is 8.78 Å². The molecule has 1 heterocycles. The molecule has 23 heavy (non-hydrogen) atoms. The summed E-state index contributed by atoms with van der Waals surface area (Å²) in [4.78, 5) is 24.3. The molecular formula is C16H9F2NO3S. The van der Waals surface area contributed by atoms with E-state index in [1.807, 2.05) is 0 Å². The fourth-order valence-electron chi connectivity index (χ4n) is 3.22. The first kappa shape index (κ1) is 14.2. The number of hydrogen-bond acceptors (Lipinski definition) is 4. The number of halogens is 2. The van der Waals surface area contributed by atoms with Crippen LogP contribution in [0.1, 0.15) is 11.1 Å². The maximum atomic E-state index is 14.0. The standard InChI is InChI=1S/C16H9F2NO3S/c1-22-12-6-8(18)5-11-13(12)9-3-2-7(17)4-10(9)16(11)14(20)19-15(21)23-16/h2-6H,1H3,(H,19,20,21). The van der Waals surface area contributed by atoms with Crippen LogP contribution in [0.5, 0.6) is 5.75 Å². The minimum atomic E-state index is -1.49. The first-order valence-electron chi connectivity index (χ1n) is 6.70. The van der Waals surface area contributed by atoms with Crippen LogP contribution in [0.2, 0.25) is 0 Å². The summed E-state index contributed by atoms with van der Waals surface area (Å²) in [5, 5.41) is 1.65. The van der Waals surface area contributed by atoms with E-state index in [9.17, 15) is 18.4 Å². The largest absolute Gasteiger partial charge is 0.496 e. The van der Waals surface area contributed by atoms with Crippen LogP contribution in [-0.2, 0) is 9.54 Å². The summed E-state index contributed by atoms with van der Waals surface area (Å²) in [6.07, 6.45) is 0. The molecule has 0 radical (unpaired) electrons. The summed E-state index contributed by atoms with van der Waals surface area (Å²) in [5.74, 6) is -1.51. The van der Waals surface area contributed by atoms with Crippen LogP contribution in [0.25, 0.3) is 11.1 Å². The summed E-state index contributed by atoms with van der Waals surface area (Å²) in [7, 11) is 1.39. The highest BCUT2D eigenvalue weighted by atomic mass is 32.2. The minimum Gasteiger partial charge on any atom is -0.496 e. The lowest BCUT2D eigenvalue weighted by Gasteiger charge is -2.21. The van der Waals surface area contributed by atoms with E-state index in [0.29, 0.717) is 22.3 Å². The fraction of sp³-hybridized carbons (Fsp3) is 0.125. The Morgan fingerprint density at radius 1 is 1.09 bits per heavy atom. The highest BCUT2D eigenvalue weighted by molar-refractivity contribution is 8.15. The Morgan fingerprint density at radius 3 is 2.48 bits per heavy atom. The van der Waals surface area contributed by atoms with Crippen LogP contribution in [0.15, 0.2) is 30.3 Å². The van der Waals surface area contributed by atoms with Gasteiger partial charge in [0.05, 0.1) is 7.11 Å². The van der Waals surface area contributed by atoms with Crippen molar-refractivity contribution >= 4 is 22.9 Å². The summed E-state index contributed by atoms with van der Waals surface area (Å²) in [6.45, 7) is 0. The quantitative estimate of drug-likeness (QED) is 0.871. The fourth-order valence-corrected chi connectivity index (χ4v) is 4.33. The predicted octanol–water partition coefficient (Wildman–Crippen LogP) is 3.18. The number of methoxy groups -OCH3 is 1. The second-order valence-electron chi connectivity index (χ2n) is 5.25. The number of thioether (sulfide) groups is 1. The van der Waals surface area contributed by atoms with E-state index in [4.69, 9.17) is 4.74 Å². The van der Waals surface area contributed by atoms with Crippen LogP contribution in [0.4, 0.5) is 13.6 Å². The van der Waals surface area contributed by atoms with Gasteiger partial charge in [0.15, 0.2) is 4.75 Å². The number of ether oxygens (including phenoxy) is 1. The first-order valence-corrected chi connectivity index (χ1v) is 7.52. The van der Waals surface area contributed by atoms with Crippen LogP contribution >= 0.6 is 11.8 Å². The highest BCUT2D eigenvalue weighted by Crippen LogP contribution is 2.59. The number of imide groups is 1. The Hall–Kier alpha value is -2.41. The second-order valence-corrected chi connectivity index (χ2v) is 6.43. The normalized spacial score (nSPS) is 21.3. The number of nitrogens with one attached hydrogen (secondary N) is 1. The molecule has 0 aromatic heterocycles. The van der Waals surface area contributed by atoms with Gasteiger partial charge in [0, 0.05) is 11.6 Å². The van der Waals surface area contributed by atoms with E-state index >= 15 is 0 Å². The number of carbonyl (C=O) groups is 2. The number of carbonyl (C=O) groups excluding carboxylic acids is 2. The van der Waals surface area contributed by atoms with Crippen LogP contribution in [0, 0.1) is 11.6 Å². The monoisotopic (exact) mass is 333 g/mol. The van der Waals surface area contributed by atoms with Crippen molar-refractivity contribution in [3.8, 4) is 16.9 Å². The molecule has 1 aliphatic heterocycles. The molecular weight excluding hydrogens is 324 g/mol. The zero-order valence-corrected chi connectivity index (χ0v) is 12.6. The van der Waals surface area contributed by atoms with E-state index in [1.54, 1.807) is 0 Å². The van der Waals surface area contributed by atoms with Crippen LogP contribution in [-0.4, -0.2) is 18.3 Å². The third kappa shape index (κ3) is 1.71. The van der Waals surface area contributed by atoms with E-state index in [-0.39, 0.29) is 5.75 Å². The van der Waals surface area contributed by atoms with E-state index in [1.165, 1.54) is 37.4 Å². The smallest absolute Gasteiger partial charge is 0.287 e. The number of amides is 2. The second kappa shape index (κ2) is 4.55. The molecule has 1 atom stereocenters. The lowest BCUT2D eigenvalue weighted by molar-refractivity contribution is -0.120. The summed E-state index contributed by atoms with van der Waals surface area (Å²) >= 11 is 0.717. The number of fused-ring (bicyclic) bond motifs is 5. The van der Waals surface area contributed by atoms with Crippen LogP contribution in [0.3, 0.4) is 0 Å². The molecule has 4 nitrogen and oxygen atoms in total. The van der Waals surface area contributed by atoms with Crippen molar-refractivity contribution in [3.05, 3.63) is 53.1 Å². The Morgan fingerprint density at radius 2 is 1.83 bits per heavy atom. The van der Waals surface area contributed by atoms with Gasteiger partial charge in [-0.05, 0) is 46.7 Å². The van der Waals surface area contributed by atoms with Crippen molar-refractivity contribution in [2.75, 3.05) is 7.11 Å². The summed E-state index contributed by atoms with van der Waals surface area (Å²) < 4.78 is 31.5. The molecule has 2 aromatic carbocycles. The van der Waals surface area contributed by atoms with Gasteiger partial charge >= 0.3 is 0 Å². The molecule has 1 unspecified atom stereocenters. The van der Waals surface area contributed by atoms with Gasteiger partial charge in [0.2, 0.25) is 0 Å². The van der Waals surface area contributed by atoms with Crippen molar-refractivity contribution in [1.29, 1.82) is 0 Å². The van der Waals surface area contributed by atoms with E-state index in [0.717, 1.165) is 11.8 Å². The van der Waals surface area contributed by atoms with Gasteiger partial charge in [-0.2, -0.15) is 0 Å². The van der Waals surface area contributed by atoms with Gasteiger partial charge in [0.1, 0.15) is 17.4 Å². The molecule has 7 heteroatoms. The average molecular weight is 333 g/mol. The zero-order chi connectivity index (χ0) is 16.4. The molecule has 2 aliphatic rings. The molecule has 116 valence electrons. The molecule has 1 spiro atoms. The van der Waals surface area contributed by atoms with E-state index < -0.39 is 27.5 Å². The summed E-state index contributed by atoms with van der Waals surface area (Å²) in [5.41, 5.74) is 1.67. The van der Waals surface area contributed by atoms with E-state index in [2.05, 4.69) is 5.32 Å². The maximum absolute atomic E-state index is 14.0. The Kier molecular flexibility index (Phi) is 2.81. The van der Waals surface area contributed by atoms with Crippen molar-refractivity contribution in [2.45, 2.75) is 4.75 Å². The number of benzene rings is 2. The number of hydrogen-bond donors (Lipinski definition) is 1. The molecule has 1 N–H and O–H groups in total. The van der Waals surface area contributed by atoms with Gasteiger partial charge in [-0.3, -0.25) is 14.9 Å². The SMILES string of the molecule is COc1cc(F)cc2c1-c1ccc(F)cc1C21SC(=O)NC1=O. The molecule has 0 saturated carbocycles. The Bertz CT molecular complexity index is 899. The van der Waals surface area contributed by atoms with Gasteiger partial charge in [-0.15, -0.1) is 0 Å². The Labute approximate surface area is 133 Å². The highest BCUT2D eigenvalue weighted by Gasteiger charge is 2.57. The third-order valence-corrected chi connectivity index (χ3v) is 5.30. The maximum Gasteiger partial charge on any atom is 0.287 e. The molecule has 2 aromatic rings. The third-order valence-electron chi connectivity index (χ3n) is 4.08.